The first-order chi connectivity index (χ1) is 25.6. The Morgan fingerprint density at radius 3 is 2.45 bits per heavy atom. The molecule has 2 saturated heterocycles. The fourth-order valence-corrected chi connectivity index (χ4v) is 13.5. The first kappa shape index (κ1) is 35.1. The van der Waals surface area contributed by atoms with Crippen molar-refractivity contribution in [3.05, 3.63) is 119 Å². The maximum atomic E-state index is 15.3. The number of carbonyl (C=O) groups is 2. The minimum atomic E-state index is -2.52. The number of H-pyrrole nitrogens is 1. The number of aliphatic hydroxyl groups is 1. The Labute approximate surface area is 309 Å². The summed E-state index contributed by atoms with van der Waals surface area (Å²) in [6.07, 6.45) is 1.13. The van der Waals surface area contributed by atoms with E-state index in [2.05, 4.69) is 37.2 Å². The van der Waals surface area contributed by atoms with Gasteiger partial charge in [-0.3, -0.25) is 19.5 Å². The van der Waals surface area contributed by atoms with Crippen molar-refractivity contribution in [2.75, 3.05) is 25.2 Å². The van der Waals surface area contributed by atoms with E-state index in [1.165, 1.54) is 9.87 Å². The first-order valence-electron chi connectivity index (χ1n) is 18.5. The third-order valence-corrected chi connectivity index (χ3v) is 16.5. The van der Waals surface area contributed by atoms with Gasteiger partial charge in [0.2, 0.25) is 5.91 Å². The van der Waals surface area contributed by atoms with Crippen LogP contribution in [0.15, 0.2) is 102 Å². The lowest BCUT2D eigenvalue weighted by molar-refractivity contribution is -0.150. The zero-order chi connectivity index (χ0) is 37.1. The van der Waals surface area contributed by atoms with E-state index in [4.69, 9.17) is 9.47 Å². The van der Waals surface area contributed by atoms with E-state index >= 15 is 4.79 Å². The number of methoxy groups -OCH3 is 1. The number of rotatable bonds is 9. The van der Waals surface area contributed by atoms with Crippen LogP contribution < -0.4 is 20.4 Å². The molecule has 8 rings (SSSR count). The van der Waals surface area contributed by atoms with Crippen LogP contribution in [0.2, 0.25) is 18.6 Å². The van der Waals surface area contributed by atoms with Crippen molar-refractivity contribution in [1.29, 1.82) is 0 Å². The number of aliphatic hydroxyl groups excluding tert-OH is 1. The van der Waals surface area contributed by atoms with E-state index in [9.17, 15) is 14.7 Å². The van der Waals surface area contributed by atoms with Crippen LogP contribution >= 0.6 is 0 Å². The van der Waals surface area contributed by atoms with Gasteiger partial charge in [0, 0.05) is 18.0 Å². The molecule has 5 atom stereocenters. The van der Waals surface area contributed by atoms with Gasteiger partial charge in [-0.15, -0.1) is 0 Å². The highest BCUT2D eigenvalue weighted by Crippen LogP contribution is 2.60. The monoisotopic (exact) mass is 730 g/mol. The Morgan fingerprint density at radius 2 is 1.74 bits per heavy atom. The summed E-state index contributed by atoms with van der Waals surface area (Å²) in [7, 11) is -0.873. The predicted molar refractivity (Wildman–Crippen MR) is 208 cm³/mol. The van der Waals surface area contributed by atoms with Crippen molar-refractivity contribution in [2.45, 2.75) is 69.1 Å². The van der Waals surface area contributed by atoms with Gasteiger partial charge in [-0.05, 0) is 66.4 Å². The lowest BCUT2D eigenvalue weighted by Crippen LogP contribution is -2.52. The molecule has 2 N–H and O–H groups in total. The number of anilines is 1. The van der Waals surface area contributed by atoms with Gasteiger partial charge in [-0.25, -0.2) is 4.68 Å². The molecule has 53 heavy (non-hydrogen) atoms. The summed E-state index contributed by atoms with van der Waals surface area (Å²) < 4.78 is 14.3. The van der Waals surface area contributed by atoms with Crippen molar-refractivity contribution >= 4 is 41.7 Å². The van der Waals surface area contributed by atoms with Crippen LogP contribution in [0.25, 0.3) is 16.6 Å². The molecule has 2 amide bonds. The van der Waals surface area contributed by atoms with E-state index in [-0.39, 0.29) is 47.9 Å². The van der Waals surface area contributed by atoms with Gasteiger partial charge in [-0.1, -0.05) is 79.8 Å². The van der Waals surface area contributed by atoms with Gasteiger partial charge in [-0.2, -0.15) is 0 Å². The summed E-state index contributed by atoms with van der Waals surface area (Å²) >= 11 is 0. The minimum Gasteiger partial charge on any atom is -0.497 e. The smallest absolute Gasteiger partial charge is 0.279 e. The lowest BCUT2D eigenvalue weighted by Gasteiger charge is -2.37. The maximum Gasteiger partial charge on any atom is 0.279 e. The Balaban J connectivity index is 1.28. The third kappa shape index (κ3) is 5.64. The van der Waals surface area contributed by atoms with E-state index in [0.717, 1.165) is 29.8 Å². The molecule has 1 spiro atoms. The lowest BCUT2D eigenvalue weighted by atomic mass is 9.82. The molecule has 3 aliphatic rings. The second kappa shape index (κ2) is 13.5. The molecule has 4 heterocycles. The highest BCUT2D eigenvalue weighted by atomic mass is 28.3. The summed E-state index contributed by atoms with van der Waals surface area (Å²) in [4.78, 5) is 46.8. The minimum absolute atomic E-state index is 0.0643. The molecule has 11 heteroatoms. The molecule has 2 fully saturated rings. The van der Waals surface area contributed by atoms with E-state index in [1.807, 2.05) is 83.8 Å². The van der Waals surface area contributed by atoms with Crippen LogP contribution in [0.1, 0.15) is 37.3 Å². The summed E-state index contributed by atoms with van der Waals surface area (Å²) in [5, 5.41) is 15.1. The number of benzene rings is 4. The van der Waals surface area contributed by atoms with Crippen molar-refractivity contribution in [3.63, 3.8) is 0 Å². The highest BCUT2D eigenvalue weighted by molar-refractivity contribution is 6.91. The van der Waals surface area contributed by atoms with Crippen molar-refractivity contribution in [2.24, 2.45) is 5.92 Å². The molecular formula is C42H46N4O6Si. The van der Waals surface area contributed by atoms with Crippen molar-refractivity contribution in [1.82, 2.24) is 14.7 Å². The van der Waals surface area contributed by atoms with Crippen LogP contribution in [-0.4, -0.2) is 72.1 Å². The molecule has 274 valence electrons. The van der Waals surface area contributed by atoms with Gasteiger partial charge in [0.25, 0.3) is 11.5 Å². The normalized spacial score (nSPS) is 24.1. The predicted octanol–water partition coefficient (Wildman–Crippen LogP) is 5.46. The summed E-state index contributed by atoms with van der Waals surface area (Å²) in [6, 6.07) is 31.0. The number of carbonyl (C=O) groups excluding carboxylic acids is 2. The molecule has 0 radical (unpaired) electrons. The molecule has 10 nitrogen and oxygen atoms in total. The molecular weight excluding hydrogens is 685 g/mol. The zero-order valence-electron chi connectivity index (χ0n) is 30.6. The van der Waals surface area contributed by atoms with E-state index in [1.54, 1.807) is 18.1 Å². The molecule has 3 aliphatic heterocycles. The molecule has 0 bridgehead atoms. The third-order valence-electron chi connectivity index (χ3n) is 12.1. The number of nitrogens with one attached hydrogen (secondary N) is 1. The number of para-hydroxylation sites is 1. The van der Waals surface area contributed by atoms with E-state index in [0.29, 0.717) is 35.2 Å². The van der Waals surface area contributed by atoms with Crippen LogP contribution in [0, 0.1) is 5.92 Å². The molecule has 0 saturated carbocycles. The van der Waals surface area contributed by atoms with E-state index < -0.39 is 19.8 Å². The summed E-state index contributed by atoms with van der Waals surface area (Å²) in [6.45, 7) is 7.56. The number of fused-ring (bicyclic) bond motifs is 3. The fourth-order valence-electron chi connectivity index (χ4n) is 9.45. The Bertz CT molecular complexity index is 2230. The molecule has 4 aromatic carbocycles. The van der Waals surface area contributed by atoms with Gasteiger partial charge in [0.1, 0.15) is 5.75 Å². The largest absolute Gasteiger partial charge is 0.497 e. The number of amides is 2. The Hall–Kier alpha value is -4.97. The molecule has 1 aromatic heterocycles. The molecule has 5 aromatic rings. The van der Waals surface area contributed by atoms with Gasteiger partial charge in [0.15, 0.2) is 5.60 Å². The molecule has 0 unspecified atom stereocenters. The number of aromatic nitrogens is 2. The standard InChI is InChI=1S/C42H46N4O6Si/c1-27-39(53(3,4)32-19-17-31(51-2)18-20-32)37(24-38(48)44-22-10-13-30(44)26-47)52-42(27)34-23-29(46-40(49)33-14-8-9-15-35(33)43-46)16-21-36(34)45(41(42)50)25-28-11-6-5-7-12-28/h5-9,11-12,14-21,23,27,30,37,39,43,47H,10,13,22,24-26H2,1-4H3/t27-,30+,37+,39-,42+/m1/s1. The van der Waals surface area contributed by atoms with Crippen molar-refractivity contribution in [3.8, 4) is 11.4 Å². The van der Waals surface area contributed by atoms with Gasteiger partial charge in [0.05, 0.1) is 69.2 Å². The fraction of sp³-hybridized carbons (Fsp3) is 0.357. The number of hydrogen-bond acceptors (Lipinski definition) is 6. The van der Waals surface area contributed by atoms with Crippen LogP contribution in [0.3, 0.4) is 0 Å². The van der Waals surface area contributed by atoms with Crippen LogP contribution in [-0.2, 0) is 26.5 Å². The van der Waals surface area contributed by atoms with Gasteiger partial charge < -0.3 is 24.4 Å². The number of likely N-dealkylation sites (tertiary alicyclic amines) is 1. The Kier molecular flexibility index (Phi) is 8.91. The summed E-state index contributed by atoms with van der Waals surface area (Å²) in [5.41, 5.74) is 1.97. The maximum absolute atomic E-state index is 15.3. The topological polar surface area (TPSA) is 117 Å². The molecule has 0 aliphatic carbocycles. The number of ether oxygens (including phenoxy) is 2. The zero-order valence-corrected chi connectivity index (χ0v) is 31.6. The van der Waals surface area contributed by atoms with Crippen LogP contribution in [0.5, 0.6) is 5.75 Å². The van der Waals surface area contributed by atoms with Crippen LogP contribution in [0.4, 0.5) is 5.69 Å². The average Bonchev–Trinajstić information content (AvgIpc) is 3.92. The van der Waals surface area contributed by atoms with Gasteiger partial charge >= 0.3 is 0 Å². The SMILES string of the molecule is COc1ccc([Si](C)(C)[C@H]2[C@H](CC(=O)N3CCC[C@H]3CO)O[C@@]3(C(=O)N(Cc4ccccc4)c4ccc(-n5[nH]c6ccccc6c5=O)cc43)[C@@H]2C)cc1. The summed E-state index contributed by atoms with van der Waals surface area (Å²) in [5.74, 6) is 0.195. The number of hydrogen-bond donors (Lipinski definition) is 2. The second-order valence-electron chi connectivity index (χ2n) is 15.3. The first-order valence-corrected chi connectivity index (χ1v) is 21.6. The number of aromatic amines is 1. The quantitative estimate of drug-likeness (QED) is 0.195. The average molecular weight is 731 g/mol. The number of nitrogens with zero attached hydrogens (tertiary/aromatic N) is 3. The highest BCUT2D eigenvalue weighted by Gasteiger charge is 2.66. The Morgan fingerprint density at radius 1 is 1.00 bits per heavy atom. The second-order valence-corrected chi connectivity index (χ2v) is 20.0. The van der Waals surface area contributed by atoms with Crippen molar-refractivity contribution < 1.29 is 24.2 Å².